The summed E-state index contributed by atoms with van der Waals surface area (Å²) in [5, 5.41) is 11.6. The molecule has 0 aromatic carbocycles. The summed E-state index contributed by atoms with van der Waals surface area (Å²) in [5.74, 6) is 0.631. The van der Waals surface area contributed by atoms with Gasteiger partial charge in [0.15, 0.2) is 0 Å². The van der Waals surface area contributed by atoms with E-state index in [2.05, 4.69) is 21.7 Å². The van der Waals surface area contributed by atoms with Crippen molar-refractivity contribution in [1.82, 2.24) is 9.55 Å². The van der Waals surface area contributed by atoms with Crippen LogP contribution in [0.1, 0.15) is 48.2 Å². The van der Waals surface area contributed by atoms with E-state index >= 15 is 0 Å². The lowest BCUT2D eigenvalue weighted by Crippen LogP contribution is -2.15. The minimum Gasteiger partial charge on any atom is -0.382 e. The van der Waals surface area contributed by atoms with Gasteiger partial charge in [-0.3, -0.25) is 9.98 Å². The SMILES string of the molecule is C=Nc1c(/C(Cl)=N\C)c(C(O)c2cc(Cl)ccn2)cn1C1CCC1. The van der Waals surface area contributed by atoms with Crippen LogP contribution in [0.4, 0.5) is 5.82 Å². The van der Waals surface area contributed by atoms with E-state index in [1.54, 1.807) is 25.4 Å². The van der Waals surface area contributed by atoms with Crippen molar-refractivity contribution in [3.05, 3.63) is 46.4 Å². The van der Waals surface area contributed by atoms with E-state index in [4.69, 9.17) is 23.2 Å². The molecule has 1 saturated carbocycles. The molecule has 0 amide bonds. The molecule has 0 spiro atoms. The number of aliphatic hydroxyl groups excluding tert-OH is 1. The first-order valence-electron chi connectivity index (χ1n) is 7.70. The van der Waals surface area contributed by atoms with Crippen molar-refractivity contribution in [2.45, 2.75) is 31.4 Å². The zero-order valence-electron chi connectivity index (χ0n) is 13.3. The lowest BCUT2D eigenvalue weighted by atomic mass is 9.93. The summed E-state index contributed by atoms with van der Waals surface area (Å²) in [6, 6.07) is 3.64. The molecule has 3 rings (SSSR count). The molecule has 0 saturated heterocycles. The van der Waals surface area contributed by atoms with Gasteiger partial charge in [0.2, 0.25) is 0 Å². The number of aromatic nitrogens is 2. The third-order valence-corrected chi connectivity index (χ3v) is 4.97. The molecule has 1 unspecified atom stereocenters. The number of aliphatic imine (C=N–C) groups is 2. The van der Waals surface area contributed by atoms with E-state index in [1.807, 2.05) is 10.8 Å². The van der Waals surface area contributed by atoms with Crippen LogP contribution in [0.25, 0.3) is 0 Å². The minimum absolute atomic E-state index is 0.284. The van der Waals surface area contributed by atoms with E-state index in [-0.39, 0.29) is 5.17 Å². The molecule has 1 aliphatic carbocycles. The quantitative estimate of drug-likeness (QED) is 0.804. The average molecular weight is 365 g/mol. The lowest BCUT2D eigenvalue weighted by molar-refractivity contribution is 0.214. The van der Waals surface area contributed by atoms with Crippen molar-refractivity contribution in [3.63, 3.8) is 0 Å². The van der Waals surface area contributed by atoms with Crippen LogP contribution >= 0.6 is 23.2 Å². The minimum atomic E-state index is -0.976. The number of halogens is 2. The summed E-state index contributed by atoms with van der Waals surface area (Å²) in [7, 11) is 1.60. The fourth-order valence-electron chi connectivity index (χ4n) is 2.90. The van der Waals surface area contributed by atoms with E-state index in [1.165, 1.54) is 6.42 Å². The molecule has 0 aliphatic heterocycles. The van der Waals surface area contributed by atoms with Gasteiger partial charge in [-0.2, -0.15) is 0 Å². The molecular weight excluding hydrogens is 347 g/mol. The summed E-state index contributed by atoms with van der Waals surface area (Å²) < 4.78 is 2.03. The first-order valence-corrected chi connectivity index (χ1v) is 8.46. The highest BCUT2D eigenvalue weighted by Crippen LogP contribution is 2.41. The summed E-state index contributed by atoms with van der Waals surface area (Å²) in [6.07, 6.45) is 5.79. The molecule has 7 heteroatoms. The van der Waals surface area contributed by atoms with Gasteiger partial charge in [0.25, 0.3) is 0 Å². The van der Waals surface area contributed by atoms with Crippen LogP contribution < -0.4 is 0 Å². The van der Waals surface area contributed by atoms with Crippen molar-refractivity contribution in [3.8, 4) is 0 Å². The second-order valence-corrected chi connectivity index (χ2v) is 6.54. The predicted molar refractivity (Wildman–Crippen MR) is 98.2 cm³/mol. The Hall–Kier alpha value is -1.69. The van der Waals surface area contributed by atoms with Crippen LogP contribution in [0.15, 0.2) is 34.5 Å². The molecule has 2 heterocycles. The number of nitrogens with zero attached hydrogens (tertiary/aromatic N) is 4. The molecule has 1 N–H and O–H groups in total. The Kier molecular flexibility index (Phi) is 5.04. The molecule has 1 fully saturated rings. The monoisotopic (exact) mass is 364 g/mol. The normalized spacial score (nSPS) is 16.8. The van der Waals surface area contributed by atoms with Crippen molar-refractivity contribution >= 4 is 40.9 Å². The number of rotatable bonds is 5. The van der Waals surface area contributed by atoms with Gasteiger partial charge < -0.3 is 9.67 Å². The molecule has 24 heavy (non-hydrogen) atoms. The average Bonchev–Trinajstić information content (AvgIpc) is 2.90. The predicted octanol–water partition coefficient (Wildman–Crippen LogP) is 4.29. The molecule has 0 radical (unpaired) electrons. The second-order valence-electron chi connectivity index (χ2n) is 5.75. The largest absolute Gasteiger partial charge is 0.382 e. The topological polar surface area (TPSA) is 62.8 Å². The van der Waals surface area contributed by atoms with Crippen molar-refractivity contribution in [1.29, 1.82) is 0 Å². The Morgan fingerprint density at radius 2 is 2.25 bits per heavy atom. The van der Waals surface area contributed by atoms with Crippen molar-refractivity contribution in [2.24, 2.45) is 9.98 Å². The van der Waals surface area contributed by atoms with E-state index in [0.717, 1.165) is 12.8 Å². The Morgan fingerprint density at radius 3 is 2.79 bits per heavy atom. The third kappa shape index (κ3) is 2.99. The third-order valence-electron chi connectivity index (χ3n) is 4.37. The number of pyridine rings is 1. The van der Waals surface area contributed by atoms with Gasteiger partial charge >= 0.3 is 0 Å². The Bertz CT molecular complexity index is 796. The van der Waals surface area contributed by atoms with Crippen LogP contribution in [-0.4, -0.2) is 33.6 Å². The molecule has 126 valence electrons. The first-order chi connectivity index (χ1) is 11.6. The van der Waals surface area contributed by atoms with Gasteiger partial charge in [0.1, 0.15) is 17.1 Å². The zero-order chi connectivity index (χ0) is 17.3. The Morgan fingerprint density at radius 1 is 1.50 bits per heavy atom. The Balaban J connectivity index is 2.15. The Labute approximate surface area is 150 Å². The summed E-state index contributed by atoms with van der Waals surface area (Å²) in [5.41, 5.74) is 1.65. The summed E-state index contributed by atoms with van der Waals surface area (Å²) >= 11 is 12.3. The van der Waals surface area contributed by atoms with Gasteiger partial charge in [-0.05, 0) is 38.1 Å². The molecule has 2 aromatic rings. The van der Waals surface area contributed by atoms with Gasteiger partial charge in [0.05, 0.1) is 11.3 Å². The fourth-order valence-corrected chi connectivity index (χ4v) is 3.26. The maximum Gasteiger partial charge on any atom is 0.142 e. The summed E-state index contributed by atoms with van der Waals surface area (Å²) in [4.78, 5) is 12.4. The number of hydrogen-bond acceptors (Lipinski definition) is 4. The summed E-state index contributed by atoms with van der Waals surface area (Å²) in [6.45, 7) is 3.67. The molecule has 1 atom stereocenters. The van der Waals surface area contributed by atoms with Crippen LogP contribution in [-0.2, 0) is 0 Å². The van der Waals surface area contributed by atoms with Crippen LogP contribution in [0, 0.1) is 0 Å². The van der Waals surface area contributed by atoms with Gasteiger partial charge in [0, 0.05) is 36.1 Å². The number of hydrogen-bond donors (Lipinski definition) is 1. The van der Waals surface area contributed by atoms with Crippen LogP contribution in [0.5, 0.6) is 0 Å². The molecule has 0 bridgehead atoms. The molecule has 2 aromatic heterocycles. The molecule has 5 nitrogen and oxygen atoms in total. The van der Waals surface area contributed by atoms with E-state index in [9.17, 15) is 5.11 Å². The molecular formula is C17H18Cl2N4O. The smallest absolute Gasteiger partial charge is 0.142 e. The highest BCUT2D eigenvalue weighted by atomic mass is 35.5. The second kappa shape index (κ2) is 7.05. The number of aliphatic hydroxyl groups is 1. The highest BCUT2D eigenvalue weighted by molar-refractivity contribution is 6.70. The van der Waals surface area contributed by atoms with E-state index < -0.39 is 6.10 Å². The maximum absolute atomic E-state index is 10.8. The van der Waals surface area contributed by atoms with Crippen LogP contribution in [0.3, 0.4) is 0 Å². The van der Waals surface area contributed by atoms with Crippen LogP contribution in [0.2, 0.25) is 5.02 Å². The van der Waals surface area contributed by atoms with E-state index in [0.29, 0.717) is 33.7 Å². The zero-order valence-corrected chi connectivity index (χ0v) is 14.8. The fraction of sp³-hybridized carbons (Fsp3) is 0.353. The maximum atomic E-state index is 10.8. The van der Waals surface area contributed by atoms with Gasteiger partial charge in [-0.15, -0.1) is 0 Å². The first kappa shape index (κ1) is 17.1. The van der Waals surface area contributed by atoms with Gasteiger partial charge in [-0.1, -0.05) is 23.2 Å². The standard InChI is InChI=1S/C17H18Cl2N4O/c1-20-16(19)14-12(15(24)13-8-10(18)6-7-22-13)9-23(17(14)21-2)11-4-3-5-11/h6-9,11,15,24H,2-5H2,1H3/b20-16+. The molecule has 1 aliphatic rings. The van der Waals surface area contributed by atoms with Crippen molar-refractivity contribution in [2.75, 3.05) is 7.05 Å². The van der Waals surface area contributed by atoms with Gasteiger partial charge in [-0.25, -0.2) is 4.99 Å². The highest BCUT2D eigenvalue weighted by Gasteiger charge is 2.29. The lowest BCUT2D eigenvalue weighted by Gasteiger charge is -2.28. The van der Waals surface area contributed by atoms with Crippen molar-refractivity contribution < 1.29 is 5.11 Å².